The first-order valence-electron chi connectivity index (χ1n) is 9.75. The Bertz CT molecular complexity index is 1090. The van der Waals surface area contributed by atoms with Gasteiger partial charge < -0.3 is 19.8 Å². The number of rotatable bonds is 9. The van der Waals surface area contributed by atoms with Gasteiger partial charge in [0.2, 0.25) is 5.89 Å². The number of benzene rings is 2. The summed E-state index contributed by atoms with van der Waals surface area (Å²) in [7, 11) is 0. The van der Waals surface area contributed by atoms with E-state index in [-0.39, 0.29) is 42.7 Å². The van der Waals surface area contributed by atoms with E-state index >= 15 is 0 Å². The van der Waals surface area contributed by atoms with Crippen LogP contribution >= 0.6 is 0 Å². The number of amides is 1. The van der Waals surface area contributed by atoms with Crippen LogP contribution in [0.2, 0.25) is 0 Å². The number of carbonyl (C=O) groups is 1. The highest BCUT2D eigenvalue weighted by atomic mass is 19.1. The van der Waals surface area contributed by atoms with Crippen LogP contribution in [0, 0.1) is 17.1 Å². The fourth-order valence-corrected chi connectivity index (χ4v) is 3.03. The molecular weight excluding hydrogens is 401 g/mol. The van der Waals surface area contributed by atoms with Gasteiger partial charge in [0.25, 0.3) is 5.91 Å². The van der Waals surface area contributed by atoms with Crippen LogP contribution in [0.3, 0.4) is 0 Å². The zero-order chi connectivity index (χ0) is 22.2. The van der Waals surface area contributed by atoms with Crippen molar-refractivity contribution in [2.45, 2.75) is 32.9 Å². The summed E-state index contributed by atoms with van der Waals surface area (Å²) < 4.78 is 25.3. The molecule has 2 aromatic carbocycles. The fourth-order valence-electron chi connectivity index (χ4n) is 3.03. The molecule has 0 radical (unpaired) electrons. The number of nitrogens with two attached hydrogens (primary N) is 1. The number of aromatic nitrogens is 2. The molecule has 0 saturated heterocycles. The number of anilines is 1. The summed E-state index contributed by atoms with van der Waals surface area (Å²) >= 11 is 0. The van der Waals surface area contributed by atoms with Crippen molar-refractivity contribution in [2.24, 2.45) is 0 Å². The maximum absolute atomic E-state index is 14.4. The fraction of sp³-hybridized carbons (Fsp3) is 0.273. The van der Waals surface area contributed by atoms with E-state index in [1.807, 2.05) is 30.3 Å². The highest BCUT2D eigenvalue weighted by Crippen LogP contribution is 2.20. The van der Waals surface area contributed by atoms with Crippen molar-refractivity contribution < 1.29 is 18.3 Å². The number of halogens is 1. The molecule has 3 rings (SSSR count). The molecule has 9 heteroatoms. The van der Waals surface area contributed by atoms with Gasteiger partial charge in [-0.25, -0.2) is 4.39 Å². The van der Waals surface area contributed by atoms with Crippen LogP contribution in [0.4, 0.5) is 10.4 Å². The second-order valence-corrected chi connectivity index (χ2v) is 6.85. The van der Waals surface area contributed by atoms with Crippen LogP contribution in [0.15, 0.2) is 46.9 Å². The summed E-state index contributed by atoms with van der Waals surface area (Å²) in [5.41, 5.74) is 6.90. The summed E-state index contributed by atoms with van der Waals surface area (Å²) in [6.07, 6.45) is 1.77. The van der Waals surface area contributed by atoms with Crippen molar-refractivity contribution in [1.29, 1.82) is 5.26 Å². The molecule has 0 saturated carbocycles. The summed E-state index contributed by atoms with van der Waals surface area (Å²) in [6.45, 7) is 1.68. The summed E-state index contributed by atoms with van der Waals surface area (Å²) in [6, 6.07) is 13.3. The quantitative estimate of drug-likeness (QED) is 0.561. The predicted octanol–water partition coefficient (Wildman–Crippen LogP) is 3.22. The molecule has 0 aliphatic carbocycles. The molecule has 3 aromatic rings. The van der Waals surface area contributed by atoms with Gasteiger partial charge in [0.05, 0.1) is 18.2 Å². The zero-order valence-corrected chi connectivity index (χ0v) is 17.0. The van der Waals surface area contributed by atoms with E-state index in [1.165, 1.54) is 17.0 Å². The Hall–Kier alpha value is -3.93. The lowest BCUT2D eigenvalue weighted by atomic mass is 10.1. The van der Waals surface area contributed by atoms with Crippen LogP contribution in [-0.2, 0) is 24.3 Å². The molecule has 0 fully saturated rings. The number of nitrogens with zero attached hydrogens (tertiary/aromatic N) is 4. The van der Waals surface area contributed by atoms with Crippen molar-refractivity contribution >= 4 is 11.9 Å². The van der Waals surface area contributed by atoms with Crippen LogP contribution < -0.4 is 10.5 Å². The third-order valence-corrected chi connectivity index (χ3v) is 4.55. The number of aryl methyl sites for hydroxylation is 1. The van der Waals surface area contributed by atoms with Gasteiger partial charge in [0.1, 0.15) is 11.6 Å². The monoisotopic (exact) mass is 423 g/mol. The molecule has 0 unspecified atom stereocenters. The van der Waals surface area contributed by atoms with Crippen molar-refractivity contribution in [3.63, 3.8) is 0 Å². The minimum absolute atomic E-state index is 0.0670. The maximum Gasteiger partial charge on any atom is 0.312 e. The average Bonchev–Trinajstić information content (AvgIpc) is 3.18. The van der Waals surface area contributed by atoms with E-state index in [0.717, 1.165) is 24.5 Å². The van der Waals surface area contributed by atoms with Crippen LogP contribution in [0.1, 0.15) is 35.9 Å². The van der Waals surface area contributed by atoms with Gasteiger partial charge in [-0.1, -0.05) is 42.7 Å². The smallest absolute Gasteiger partial charge is 0.312 e. The molecule has 0 bridgehead atoms. The standard InChI is InChI=1S/C22H22FN5O3/c1-2-5-16-6-3-4-7-19(16)30-14-21(29)28(13-20-26-27-22(25)31-20)12-17-9-8-15(11-24)10-18(17)23/h3-4,6-10H,2,5,12-14H2,1H3,(H2,25,27). The number of hydrogen-bond acceptors (Lipinski definition) is 7. The zero-order valence-electron chi connectivity index (χ0n) is 17.0. The van der Waals surface area contributed by atoms with Gasteiger partial charge in [-0.15, -0.1) is 5.10 Å². The van der Waals surface area contributed by atoms with Gasteiger partial charge in [-0.05, 0) is 30.2 Å². The minimum Gasteiger partial charge on any atom is -0.483 e. The second kappa shape index (κ2) is 10.2. The normalized spacial score (nSPS) is 10.5. The van der Waals surface area contributed by atoms with Gasteiger partial charge >= 0.3 is 6.01 Å². The minimum atomic E-state index is -0.587. The van der Waals surface area contributed by atoms with E-state index in [4.69, 9.17) is 20.1 Å². The Morgan fingerprint density at radius 3 is 2.71 bits per heavy atom. The lowest BCUT2D eigenvalue weighted by Gasteiger charge is -2.22. The van der Waals surface area contributed by atoms with Crippen LogP contribution in [0.25, 0.3) is 0 Å². The Morgan fingerprint density at radius 1 is 1.23 bits per heavy atom. The second-order valence-electron chi connectivity index (χ2n) is 6.85. The molecule has 0 atom stereocenters. The number of hydrogen-bond donors (Lipinski definition) is 1. The Balaban J connectivity index is 1.77. The highest BCUT2D eigenvalue weighted by molar-refractivity contribution is 5.77. The molecular formula is C22H22FN5O3. The van der Waals surface area contributed by atoms with E-state index in [2.05, 4.69) is 17.1 Å². The van der Waals surface area contributed by atoms with Gasteiger partial charge in [-0.2, -0.15) is 5.26 Å². The first-order valence-corrected chi connectivity index (χ1v) is 9.75. The largest absolute Gasteiger partial charge is 0.483 e. The third kappa shape index (κ3) is 5.79. The van der Waals surface area contributed by atoms with E-state index < -0.39 is 11.7 Å². The number of nitrogen functional groups attached to an aromatic ring is 1. The number of nitriles is 1. The van der Waals surface area contributed by atoms with Crippen molar-refractivity contribution in [1.82, 2.24) is 15.1 Å². The predicted molar refractivity (Wildman–Crippen MR) is 110 cm³/mol. The first kappa shape index (κ1) is 21.8. The maximum atomic E-state index is 14.4. The highest BCUT2D eigenvalue weighted by Gasteiger charge is 2.20. The van der Waals surface area contributed by atoms with Crippen molar-refractivity contribution in [3.05, 3.63) is 70.9 Å². The molecule has 1 heterocycles. The number of para-hydroxylation sites is 1. The summed E-state index contributed by atoms with van der Waals surface area (Å²) in [5.74, 6) is -0.238. The molecule has 1 amide bonds. The molecule has 0 aliphatic heterocycles. The van der Waals surface area contributed by atoms with E-state index in [1.54, 1.807) is 0 Å². The Morgan fingerprint density at radius 2 is 2.03 bits per heavy atom. The Labute approximate surface area is 179 Å². The first-order chi connectivity index (χ1) is 15.0. The van der Waals surface area contributed by atoms with Crippen LogP contribution in [-0.4, -0.2) is 27.6 Å². The molecule has 160 valence electrons. The summed E-state index contributed by atoms with van der Waals surface area (Å²) in [5, 5.41) is 16.3. The van der Waals surface area contributed by atoms with Gasteiger partial charge in [-0.3, -0.25) is 4.79 Å². The lowest BCUT2D eigenvalue weighted by Crippen LogP contribution is -2.34. The van der Waals surface area contributed by atoms with E-state index in [0.29, 0.717) is 5.75 Å². The molecule has 8 nitrogen and oxygen atoms in total. The van der Waals surface area contributed by atoms with Gasteiger partial charge in [0, 0.05) is 12.1 Å². The third-order valence-electron chi connectivity index (χ3n) is 4.55. The lowest BCUT2D eigenvalue weighted by molar-refractivity contribution is -0.135. The molecule has 1 aromatic heterocycles. The molecule has 0 spiro atoms. The summed E-state index contributed by atoms with van der Waals surface area (Å²) in [4.78, 5) is 14.3. The molecule has 31 heavy (non-hydrogen) atoms. The topological polar surface area (TPSA) is 118 Å². The van der Waals surface area contributed by atoms with Crippen molar-refractivity contribution in [2.75, 3.05) is 12.3 Å². The van der Waals surface area contributed by atoms with Crippen molar-refractivity contribution in [3.8, 4) is 11.8 Å². The molecule has 0 aliphatic rings. The average molecular weight is 423 g/mol. The van der Waals surface area contributed by atoms with E-state index in [9.17, 15) is 9.18 Å². The number of ether oxygens (including phenoxy) is 1. The van der Waals surface area contributed by atoms with Crippen LogP contribution in [0.5, 0.6) is 5.75 Å². The Kier molecular flexibility index (Phi) is 7.17. The number of carbonyl (C=O) groups excluding carboxylic acids is 1. The molecule has 2 N–H and O–H groups in total. The van der Waals surface area contributed by atoms with Gasteiger partial charge in [0.15, 0.2) is 6.61 Å². The SMILES string of the molecule is CCCc1ccccc1OCC(=O)N(Cc1nnc(N)o1)Cc1ccc(C#N)cc1F.